The van der Waals surface area contributed by atoms with E-state index in [1.165, 1.54) is 0 Å². The van der Waals surface area contributed by atoms with Gasteiger partial charge in [-0.1, -0.05) is 18.2 Å². The number of rotatable bonds is 1. The number of thiophene rings is 1. The Hall–Kier alpha value is -2.20. The van der Waals surface area contributed by atoms with Crippen molar-refractivity contribution in [2.75, 3.05) is 0 Å². The topological polar surface area (TPSA) is 38.9 Å². The molecule has 0 unspecified atom stereocenters. The molecular formula is C14H8N2OS. The molecule has 0 saturated heterocycles. The average molecular weight is 252 g/mol. The minimum Gasteiger partial charge on any atom is -0.436 e. The summed E-state index contributed by atoms with van der Waals surface area (Å²) >= 11 is 1.66. The summed E-state index contributed by atoms with van der Waals surface area (Å²) in [5.74, 6) is 0. The molecule has 0 atom stereocenters. The second kappa shape index (κ2) is 3.65. The lowest BCUT2D eigenvalue weighted by atomic mass is 10.2. The van der Waals surface area contributed by atoms with E-state index in [-0.39, 0.29) is 0 Å². The van der Waals surface area contributed by atoms with Crippen molar-refractivity contribution in [3.8, 4) is 10.6 Å². The number of benzene rings is 1. The Morgan fingerprint density at radius 3 is 2.89 bits per heavy atom. The van der Waals surface area contributed by atoms with Crippen molar-refractivity contribution in [1.82, 2.24) is 9.97 Å². The van der Waals surface area contributed by atoms with E-state index in [4.69, 9.17) is 4.42 Å². The third-order valence-corrected chi connectivity index (χ3v) is 3.75. The molecule has 0 saturated carbocycles. The quantitative estimate of drug-likeness (QED) is 0.512. The summed E-state index contributed by atoms with van der Waals surface area (Å²) < 4.78 is 5.65. The first kappa shape index (κ1) is 9.79. The van der Waals surface area contributed by atoms with Crippen molar-refractivity contribution in [3.05, 3.63) is 48.0 Å². The van der Waals surface area contributed by atoms with Crippen LogP contribution in [-0.4, -0.2) is 9.97 Å². The van der Waals surface area contributed by atoms with E-state index in [2.05, 4.69) is 9.97 Å². The highest BCUT2D eigenvalue weighted by Gasteiger charge is 2.10. The minimum atomic E-state index is 0.594. The first-order valence-corrected chi connectivity index (χ1v) is 6.48. The summed E-state index contributed by atoms with van der Waals surface area (Å²) in [6, 6.07) is 11.9. The molecular weight excluding hydrogens is 244 g/mol. The van der Waals surface area contributed by atoms with Gasteiger partial charge in [-0.25, -0.2) is 9.97 Å². The van der Waals surface area contributed by atoms with Crippen LogP contribution in [0.15, 0.2) is 52.4 Å². The molecule has 0 amide bonds. The maximum absolute atomic E-state index is 5.65. The van der Waals surface area contributed by atoms with Gasteiger partial charge in [-0.2, -0.15) is 0 Å². The molecule has 0 aliphatic heterocycles. The second-order valence-corrected chi connectivity index (χ2v) is 4.93. The predicted molar refractivity (Wildman–Crippen MR) is 72.6 cm³/mol. The normalized spacial score (nSPS) is 11.3. The largest absolute Gasteiger partial charge is 0.436 e. The third-order valence-electron chi connectivity index (χ3n) is 2.86. The summed E-state index contributed by atoms with van der Waals surface area (Å²) in [6.07, 6.45) is 1.76. The monoisotopic (exact) mass is 252 g/mol. The van der Waals surface area contributed by atoms with Gasteiger partial charge in [0.25, 0.3) is 0 Å². The van der Waals surface area contributed by atoms with Gasteiger partial charge in [0.2, 0.25) is 5.71 Å². The summed E-state index contributed by atoms with van der Waals surface area (Å²) in [7, 11) is 0. The summed E-state index contributed by atoms with van der Waals surface area (Å²) in [5, 5.41) is 3.05. The second-order valence-electron chi connectivity index (χ2n) is 3.98. The zero-order valence-corrected chi connectivity index (χ0v) is 10.1. The molecule has 0 bridgehead atoms. The zero-order valence-electron chi connectivity index (χ0n) is 9.33. The molecule has 3 heterocycles. The molecule has 18 heavy (non-hydrogen) atoms. The molecule has 1 aromatic carbocycles. The van der Waals surface area contributed by atoms with Gasteiger partial charge in [-0.3, -0.25) is 0 Å². The molecule has 0 aliphatic rings. The highest BCUT2D eigenvalue weighted by Crippen LogP contribution is 2.29. The number of hydrogen-bond donors (Lipinski definition) is 0. The van der Waals surface area contributed by atoms with Crippen LogP contribution in [0.5, 0.6) is 0 Å². The van der Waals surface area contributed by atoms with Crippen molar-refractivity contribution in [3.63, 3.8) is 0 Å². The lowest BCUT2D eigenvalue weighted by molar-refractivity contribution is 0.653. The lowest BCUT2D eigenvalue weighted by Crippen LogP contribution is -1.83. The van der Waals surface area contributed by atoms with Gasteiger partial charge in [-0.15, -0.1) is 11.3 Å². The zero-order chi connectivity index (χ0) is 11.9. The molecule has 0 aliphatic carbocycles. The molecule has 0 fully saturated rings. The first-order chi connectivity index (χ1) is 8.92. The predicted octanol–water partition coefficient (Wildman–Crippen LogP) is 4.10. The molecule has 3 nitrogen and oxygen atoms in total. The van der Waals surface area contributed by atoms with Gasteiger partial charge < -0.3 is 4.42 Å². The standard InChI is InChI=1S/C14H8N2OS/c1-2-5-11-9(4-1)13-14(17-11)15-8-10(16-13)12-6-3-7-18-12/h1-8H. The number of para-hydroxylation sites is 1. The Balaban J connectivity index is 2.07. The van der Waals surface area contributed by atoms with Gasteiger partial charge in [0.15, 0.2) is 0 Å². The van der Waals surface area contributed by atoms with E-state index < -0.39 is 0 Å². The van der Waals surface area contributed by atoms with Crippen LogP contribution in [0.2, 0.25) is 0 Å². The number of hydrogen-bond acceptors (Lipinski definition) is 4. The molecule has 4 aromatic rings. The molecule has 86 valence electrons. The van der Waals surface area contributed by atoms with Gasteiger partial charge in [0, 0.05) is 5.39 Å². The molecule has 0 spiro atoms. The Labute approximate surface area is 107 Å². The van der Waals surface area contributed by atoms with Crippen LogP contribution >= 0.6 is 11.3 Å². The Bertz CT molecular complexity index is 833. The SMILES string of the molecule is c1csc(-c2cnc3oc4ccccc4c3n2)c1. The van der Waals surface area contributed by atoms with Crippen LogP contribution < -0.4 is 0 Å². The van der Waals surface area contributed by atoms with E-state index in [1.54, 1.807) is 17.5 Å². The highest BCUT2D eigenvalue weighted by atomic mass is 32.1. The molecule has 0 radical (unpaired) electrons. The van der Waals surface area contributed by atoms with Crippen LogP contribution in [-0.2, 0) is 0 Å². The number of aromatic nitrogens is 2. The summed E-state index contributed by atoms with van der Waals surface area (Å²) in [4.78, 5) is 10.1. The maximum atomic E-state index is 5.65. The molecule has 4 heteroatoms. The van der Waals surface area contributed by atoms with Crippen LogP contribution in [0.3, 0.4) is 0 Å². The third kappa shape index (κ3) is 1.36. The van der Waals surface area contributed by atoms with E-state index in [1.807, 2.05) is 41.8 Å². The number of nitrogens with zero attached hydrogens (tertiary/aromatic N) is 2. The van der Waals surface area contributed by atoms with Crippen LogP contribution in [0.1, 0.15) is 0 Å². The van der Waals surface area contributed by atoms with Crippen LogP contribution in [0.25, 0.3) is 32.8 Å². The molecule has 4 rings (SSSR count). The molecule has 0 N–H and O–H groups in total. The maximum Gasteiger partial charge on any atom is 0.246 e. The van der Waals surface area contributed by atoms with Crippen molar-refractivity contribution in [2.45, 2.75) is 0 Å². The highest BCUT2D eigenvalue weighted by molar-refractivity contribution is 7.13. The van der Waals surface area contributed by atoms with E-state index in [0.717, 1.165) is 27.1 Å². The Kier molecular flexibility index (Phi) is 1.98. The first-order valence-electron chi connectivity index (χ1n) is 5.60. The average Bonchev–Trinajstić information content (AvgIpc) is 3.05. The number of furan rings is 1. The fraction of sp³-hybridized carbons (Fsp3) is 0. The van der Waals surface area contributed by atoms with Gasteiger partial charge in [-0.05, 0) is 23.6 Å². The van der Waals surface area contributed by atoms with Crippen molar-refractivity contribution < 1.29 is 4.42 Å². The smallest absolute Gasteiger partial charge is 0.246 e. The van der Waals surface area contributed by atoms with E-state index in [9.17, 15) is 0 Å². The van der Waals surface area contributed by atoms with Crippen molar-refractivity contribution >= 4 is 33.5 Å². The van der Waals surface area contributed by atoms with E-state index >= 15 is 0 Å². The van der Waals surface area contributed by atoms with Crippen LogP contribution in [0, 0.1) is 0 Å². The lowest BCUT2D eigenvalue weighted by Gasteiger charge is -1.95. The minimum absolute atomic E-state index is 0.594. The summed E-state index contributed by atoms with van der Waals surface area (Å²) in [5.41, 5.74) is 3.15. The van der Waals surface area contributed by atoms with Crippen molar-refractivity contribution in [1.29, 1.82) is 0 Å². The van der Waals surface area contributed by atoms with E-state index in [0.29, 0.717) is 5.71 Å². The van der Waals surface area contributed by atoms with Crippen LogP contribution in [0.4, 0.5) is 0 Å². The molecule has 3 aromatic heterocycles. The van der Waals surface area contributed by atoms with Gasteiger partial charge in [0.05, 0.1) is 16.8 Å². The van der Waals surface area contributed by atoms with Crippen molar-refractivity contribution in [2.24, 2.45) is 0 Å². The Morgan fingerprint density at radius 1 is 1.06 bits per heavy atom. The number of fused-ring (bicyclic) bond motifs is 3. The summed E-state index contributed by atoms with van der Waals surface area (Å²) in [6.45, 7) is 0. The van der Waals surface area contributed by atoms with Gasteiger partial charge >= 0.3 is 0 Å². The Morgan fingerprint density at radius 2 is 2.00 bits per heavy atom. The fourth-order valence-corrected chi connectivity index (χ4v) is 2.71. The van der Waals surface area contributed by atoms with Gasteiger partial charge in [0.1, 0.15) is 11.1 Å². The fourth-order valence-electron chi connectivity index (χ4n) is 2.03.